The molecule has 0 aliphatic carbocycles. The quantitative estimate of drug-likeness (QED) is 0.538. The van der Waals surface area contributed by atoms with E-state index in [1.165, 1.54) is 18.2 Å². The highest BCUT2D eigenvalue weighted by Gasteiger charge is 2.28. The number of oxazole rings is 1. The van der Waals surface area contributed by atoms with Crippen LogP contribution in [0.5, 0.6) is 0 Å². The molecule has 1 heterocycles. The van der Waals surface area contributed by atoms with Gasteiger partial charge in [0.15, 0.2) is 5.58 Å². The number of nitrogens with zero attached hydrogens (tertiary/aromatic N) is 2. The van der Waals surface area contributed by atoms with E-state index in [1.54, 1.807) is 6.92 Å². The number of aliphatic hydroxyl groups excluding tert-OH is 2. The van der Waals surface area contributed by atoms with Gasteiger partial charge in [0.25, 0.3) is 11.7 Å². The number of nitro groups is 1. The average molecular weight is 281 g/mol. The Balaban J connectivity index is 2.34. The van der Waals surface area contributed by atoms with Crippen molar-refractivity contribution in [3.8, 4) is 0 Å². The molecule has 108 valence electrons. The molecule has 2 aromatic rings. The molecule has 8 nitrogen and oxygen atoms in total. The van der Waals surface area contributed by atoms with Gasteiger partial charge in [0.2, 0.25) is 0 Å². The molecule has 2 rings (SSSR count). The van der Waals surface area contributed by atoms with Crippen LogP contribution in [-0.4, -0.2) is 38.9 Å². The summed E-state index contributed by atoms with van der Waals surface area (Å²) in [6.45, 7) is 1.21. The minimum absolute atomic E-state index is 0.0914. The second kappa shape index (κ2) is 5.43. The van der Waals surface area contributed by atoms with Gasteiger partial charge in [-0.15, -0.1) is 0 Å². The van der Waals surface area contributed by atoms with Gasteiger partial charge in [-0.05, 0) is 12.5 Å². The Bertz CT molecular complexity index is 612. The molecule has 0 radical (unpaired) electrons. The fourth-order valence-corrected chi connectivity index (χ4v) is 1.75. The van der Waals surface area contributed by atoms with Gasteiger partial charge in [0.05, 0.1) is 29.7 Å². The molecule has 0 amide bonds. The summed E-state index contributed by atoms with van der Waals surface area (Å²) in [5.74, 6) is 0. The summed E-state index contributed by atoms with van der Waals surface area (Å²) >= 11 is 0. The van der Waals surface area contributed by atoms with Crippen molar-refractivity contribution in [2.24, 2.45) is 0 Å². The fourth-order valence-electron chi connectivity index (χ4n) is 1.75. The van der Waals surface area contributed by atoms with E-state index in [9.17, 15) is 20.3 Å². The molecular formula is C12H15N3O5. The first-order chi connectivity index (χ1) is 9.53. The molecule has 0 fully saturated rings. The van der Waals surface area contributed by atoms with Crippen LogP contribution in [0.3, 0.4) is 0 Å². The number of nitrogens with one attached hydrogen (secondary N) is 1. The number of anilines is 1. The van der Waals surface area contributed by atoms with E-state index in [-0.39, 0.29) is 30.5 Å². The van der Waals surface area contributed by atoms with E-state index in [0.29, 0.717) is 11.9 Å². The predicted molar refractivity (Wildman–Crippen MR) is 71.5 cm³/mol. The number of rotatable bonds is 6. The minimum atomic E-state index is -0.938. The standard InChI is InChI=1S/C12H15N3O5/c1-2-12(6-16,7-17)14-11-13-9-4-3-8(15(18)19)5-10(9)20-11/h3-5,16-17H,2,6-7H2,1H3,(H,13,14). The molecule has 0 unspecified atom stereocenters. The number of benzene rings is 1. The molecule has 0 aliphatic rings. The first kappa shape index (κ1) is 14.2. The van der Waals surface area contributed by atoms with E-state index in [0.717, 1.165) is 0 Å². The highest BCUT2D eigenvalue weighted by Crippen LogP contribution is 2.26. The number of hydrogen-bond donors (Lipinski definition) is 3. The summed E-state index contributed by atoms with van der Waals surface area (Å²) in [4.78, 5) is 14.3. The third-order valence-electron chi connectivity index (χ3n) is 3.24. The summed E-state index contributed by atoms with van der Waals surface area (Å²) in [5.41, 5.74) is -0.305. The molecule has 1 aromatic heterocycles. The van der Waals surface area contributed by atoms with Gasteiger partial charge in [-0.1, -0.05) is 6.92 Å². The molecule has 8 heteroatoms. The molecule has 3 N–H and O–H groups in total. The maximum absolute atomic E-state index is 10.7. The molecule has 0 bridgehead atoms. The van der Waals surface area contributed by atoms with Crippen molar-refractivity contribution in [3.63, 3.8) is 0 Å². The highest BCUT2D eigenvalue weighted by atomic mass is 16.6. The molecule has 0 spiro atoms. The predicted octanol–water partition coefficient (Wildman–Crippen LogP) is 1.28. The Morgan fingerprint density at radius 3 is 2.70 bits per heavy atom. The molecule has 0 aliphatic heterocycles. The van der Waals surface area contributed by atoms with Gasteiger partial charge in [-0.3, -0.25) is 10.1 Å². The Labute approximate surface area is 114 Å². The summed E-state index contributed by atoms with van der Waals surface area (Å²) in [6, 6.07) is 4.19. The Morgan fingerprint density at radius 2 is 2.15 bits per heavy atom. The van der Waals surface area contributed by atoms with Crippen LogP contribution in [-0.2, 0) is 0 Å². The largest absolute Gasteiger partial charge is 0.423 e. The lowest BCUT2D eigenvalue weighted by atomic mass is 9.99. The van der Waals surface area contributed by atoms with E-state index < -0.39 is 10.5 Å². The van der Waals surface area contributed by atoms with Crippen LogP contribution in [0.1, 0.15) is 13.3 Å². The van der Waals surface area contributed by atoms with Crippen LogP contribution in [0.25, 0.3) is 11.1 Å². The van der Waals surface area contributed by atoms with Gasteiger partial charge >= 0.3 is 0 Å². The van der Waals surface area contributed by atoms with Crippen molar-refractivity contribution in [2.75, 3.05) is 18.5 Å². The van der Waals surface area contributed by atoms with Crippen LogP contribution < -0.4 is 5.32 Å². The first-order valence-electron chi connectivity index (χ1n) is 6.08. The van der Waals surface area contributed by atoms with E-state index in [4.69, 9.17) is 4.42 Å². The lowest BCUT2D eigenvalue weighted by Crippen LogP contribution is -2.45. The van der Waals surface area contributed by atoms with Crippen molar-refractivity contribution < 1.29 is 19.6 Å². The van der Waals surface area contributed by atoms with Crippen molar-refractivity contribution in [1.29, 1.82) is 0 Å². The molecule has 20 heavy (non-hydrogen) atoms. The Hall–Kier alpha value is -2.19. The normalized spacial score (nSPS) is 11.8. The lowest BCUT2D eigenvalue weighted by Gasteiger charge is -2.28. The second-order valence-electron chi connectivity index (χ2n) is 4.50. The highest BCUT2D eigenvalue weighted by molar-refractivity contribution is 5.77. The maximum Gasteiger partial charge on any atom is 0.296 e. The summed E-state index contributed by atoms with van der Waals surface area (Å²) in [5, 5.41) is 32.2. The molecular weight excluding hydrogens is 266 g/mol. The smallest absolute Gasteiger partial charge is 0.296 e. The zero-order chi connectivity index (χ0) is 14.8. The Kier molecular flexibility index (Phi) is 3.86. The number of non-ortho nitro benzene ring substituents is 1. The van der Waals surface area contributed by atoms with Crippen molar-refractivity contribution in [2.45, 2.75) is 18.9 Å². The van der Waals surface area contributed by atoms with Gasteiger partial charge < -0.3 is 19.9 Å². The zero-order valence-corrected chi connectivity index (χ0v) is 10.9. The van der Waals surface area contributed by atoms with Crippen molar-refractivity contribution in [1.82, 2.24) is 4.98 Å². The molecule has 0 saturated carbocycles. The molecule has 0 saturated heterocycles. The van der Waals surface area contributed by atoms with E-state index in [1.807, 2.05) is 0 Å². The Morgan fingerprint density at radius 1 is 1.45 bits per heavy atom. The van der Waals surface area contributed by atoms with Crippen LogP contribution in [0, 0.1) is 10.1 Å². The first-order valence-corrected chi connectivity index (χ1v) is 6.08. The fraction of sp³-hybridized carbons (Fsp3) is 0.417. The maximum atomic E-state index is 10.7. The van der Waals surface area contributed by atoms with Crippen molar-refractivity contribution in [3.05, 3.63) is 28.3 Å². The lowest BCUT2D eigenvalue weighted by molar-refractivity contribution is -0.384. The van der Waals surface area contributed by atoms with Gasteiger partial charge in [0.1, 0.15) is 5.52 Å². The SMILES string of the molecule is CCC(CO)(CO)Nc1nc2ccc([N+](=O)[O-])cc2o1. The number of aliphatic hydroxyl groups is 2. The van der Waals surface area contributed by atoms with E-state index >= 15 is 0 Å². The van der Waals surface area contributed by atoms with Gasteiger partial charge in [-0.25, -0.2) is 0 Å². The summed E-state index contributed by atoms with van der Waals surface area (Å²) in [7, 11) is 0. The minimum Gasteiger partial charge on any atom is -0.423 e. The van der Waals surface area contributed by atoms with E-state index in [2.05, 4.69) is 10.3 Å². The van der Waals surface area contributed by atoms with Crippen LogP contribution >= 0.6 is 0 Å². The molecule has 0 atom stereocenters. The number of fused-ring (bicyclic) bond motifs is 1. The monoisotopic (exact) mass is 281 g/mol. The topological polar surface area (TPSA) is 122 Å². The number of aromatic nitrogens is 1. The number of hydrogen-bond acceptors (Lipinski definition) is 7. The van der Waals surface area contributed by atoms with Gasteiger partial charge in [0, 0.05) is 6.07 Å². The van der Waals surface area contributed by atoms with Crippen molar-refractivity contribution >= 4 is 22.8 Å². The second-order valence-corrected chi connectivity index (χ2v) is 4.50. The molecule has 1 aromatic carbocycles. The summed E-state index contributed by atoms with van der Waals surface area (Å²) in [6.07, 6.45) is 0.457. The number of nitro benzene ring substituents is 1. The average Bonchev–Trinajstić information content (AvgIpc) is 2.85. The third-order valence-corrected chi connectivity index (χ3v) is 3.24. The zero-order valence-electron chi connectivity index (χ0n) is 10.9. The van der Waals surface area contributed by atoms with Crippen LogP contribution in [0.15, 0.2) is 22.6 Å². The van der Waals surface area contributed by atoms with Crippen LogP contribution in [0.2, 0.25) is 0 Å². The third kappa shape index (κ3) is 2.56. The summed E-state index contributed by atoms with van der Waals surface area (Å²) < 4.78 is 5.37. The van der Waals surface area contributed by atoms with Gasteiger partial charge in [-0.2, -0.15) is 4.98 Å². The van der Waals surface area contributed by atoms with Crippen LogP contribution in [0.4, 0.5) is 11.7 Å².